The molecule has 1 aliphatic heterocycles. The Morgan fingerprint density at radius 3 is 2.48 bits per heavy atom. The topological polar surface area (TPSA) is 80.5 Å². The zero-order valence-electron chi connectivity index (χ0n) is 12.2. The molecule has 1 saturated heterocycles. The molecule has 21 heavy (non-hydrogen) atoms. The van der Waals surface area contributed by atoms with Crippen molar-refractivity contribution in [2.75, 3.05) is 18.8 Å². The summed E-state index contributed by atoms with van der Waals surface area (Å²) in [6, 6.07) is 6.61. The molecule has 0 aliphatic carbocycles. The number of benzene rings is 1. The Balaban J connectivity index is 2.09. The van der Waals surface area contributed by atoms with Gasteiger partial charge in [-0.25, -0.2) is 13.6 Å². The summed E-state index contributed by atoms with van der Waals surface area (Å²) in [5.74, 6) is 0.711. The Kier molecular flexibility index (Phi) is 4.65. The Labute approximate surface area is 129 Å². The Morgan fingerprint density at radius 2 is 1.95 bits per heavy atom. The van der Waals surface area contributed by atoms with Crippen LogP contribution in [0.25, 0.3) is 0 Å². The number of hydrogen-bond donors (Lipinski definition) is 1. The zero-order valence-corrected chi connectivity index (χ0v) is 13.8. The fourth-order valence-corrected chi connectivity index (χ4v) is 4.12. The van der Waals surface area contributed by atoms with Crippen molar-refractivity contribution in [1.29, 1.82) is 0 Å². The lowest BCUT2D eigenvalue weighted by Gasteiger charge is -2.37. The van der Waals surface area contributed by atoms with E-state index in [0.29, 0.717) is 11.1 Å². The Morgan fingerprint density at radius 1 is 1.33 bits per heavy atom. The van der Waals surface area contributed by atoms with Gasteiger partial charge in [-0.1, -0.05) is 12.1 Å². The molecule has 1 aromatic rings. The highest BCUT2D eigenvalue weighted by atomic mass is 32.2. The first-order chi connectivity index (χ1) is 9.66. The van der Waals surface area contributed by atoms with Crippen LogP contribution < -0.4 is 5.14 Å². The van der Waals surface area contributed by atoms with E-state index in [1.165, 1.54) is 0 Å². The number of nitrogens with zero attached hydrogens (tertiary/aromatic N) is 1. The molecule has 0 spiro atoms. The molecule has 2 rings (SSSR count). The number of carbonyl (C=O) groups excluding carboxylic acids is 1. The largest absolute Gasteiger partial charge is 0.336 e. The number of hydrogen-bond acceptors (Lipinski definition) is 4. The van der Waals surface area contributed by atoms with E-state index < -0.39 is 10.0 Å². The van der Waals surface area contributed by atoms with Crippen LogP contribution in [-0.2, 0) is 15.8 Å². The van der Waals surface area contributed by atoms with Gasteiger partial charge in [0.2, 0.25) is 10.0 Å². The quantitative estimate of drug-likeness (QED) is 0.910. The van der Waals surface area contributed by atoms with Crippen LogP contribution >= 0.6 is 11.8 Å². The van der Waals surface area contributed by atoms with Crippen LogP contribution in [-0.4, -0.2) is 42.8 Å². The summed E-state index contributed by atoms with van der Waals surface area (Å²) in [6.45, 7) is 5.72. The van der Waals surface area contributed by atoms with E-state index in [0.717, 1.165) is 18.8 Å². The lowest BCUT2D eigenvalue weighted by molar-refractivity contribution is 0.0748. The third-order valence-electron chi connectivity index (χ3n) is 3.28. The molecule has 5 nitrogen and oxygen atoms in total. The van der Waals surface area contributed by atoms with Crippen LogP contribution in [0.3, 0.4) is 0 Å². The lowest BCUT2D eigenvalue weighted by atomic mass is 10.1. The minimum absolute atomic E-state index is 0.00877. The van der Waals surface area contributed by atoms with E-state index in [-0.39, 0.29) is 16.4 Å². The minimum atomic E-state index is -3.54. The van der Waals surface area contributed by atoms with Crippen LogP contribution in [0.4, 0.5) is 0 Å². The summed E-state index contributed by atoms with van der Waals surface area (Å²) in [5.41, 5.74) is 1.17. The molecule has 1 aromatic carbocycles. The van der Waals surface area contributed by atoms with Gasteiger partial charge in [0, 0.05) is 29.2 Å². The number of thioether (sulfide) groups is 1. The number of amides is 1. The van der Waals surface area contributed by atoms with Crippen LogP contribution in [0.2, 0.25) is 0 Å². The van der Waals surface area contributed by atoms with Gasteiger partial charge >= 0.3 is 0 Å². The number of nitrogens with two attached hydrogens (primary N) is 1. The van der Waals surface area contributed by atoms with Crippen molar-refractivity contribution in [2.24, 2.45) is 5.14 Å². The molecular weight excluding hydrogens is 308 g/mol. The SMILES string of the molecule is CC1(C)CN(C(=O)c2ccc(CS(N)(=O)=O)cc2)CCS1. The Hall–Kier alpha value is -1.05. The van der Waals surface area contributed by atoms with Crippen molar-refractivity contribution >= 4 is 27.7 Å². The Bertz CT molecular complexity index is 624. The standard InChI is InChI=1S/C14H20N2O3S2/c1-14(2)10-16(7-8-20-14)13(17)12-5-3-11(4-6-12)9-21(15,18)19/h3-6H,7-10H2,1-2H3,(H2,15,18,19). The summed E-state index contributed by atoms with van der Waals surface area (Å²) in [6.07, 6.45) is 0. The summed E-state index contributed by atoms with van der Waals surface area (Å²) in [5, 5.41) is 5.01. The first-order valence-electron chi connectivity index (χ1n) is 6.69. The molecule has 2 N–H and O–H groups in total. The zero-order chi connectivity index (χ0) is 15.7. The third kappa shape index (κ3) is 4.72. The van der Waals surface area contributed by atoms with Gasteiger partial charge in [-0.3, -0.25) is 4.79 Å². The molecule has 1 fully saturated rings. The summed E-state index contributed by atoms with van der Waals surface area (Å²) < 4.78 is 22.1. The molecule has 0 radical (unpaired) electrons. The highest BCUT2D eigenvalue weighted by Gasteiger charge is 2.30. The molecule has 7 heteroatoms. The van der Waals surface area contributed by atoms with Gasteiger partial charge in [-0.05, 0) is 31.5 Å². The average Bonchev–Trinajstić information content (AvgIpc) is 2.36. The maximum absolute atomic E-state index is 12.5. The maximum atomic E-state index is 12.5. The summed E-state index contributed by atoms with van der Waals surface area (Å²) in [7, 11) is -3.54. The van der Waals surface area contributed by atoms with Crippen LogP contribution in [0, 0.1) is 0 Å². The van der Waals surface area contributed by atoms with Crippen molar-refractivity contribution in [3.63, 3.8) is 0 Å². The van der Waals surface area contributed by atoms with E-state index in [1.54, 1.807) is 24.3 Å². The lowest BCUT2D eigenvalue weighted by Crippen LogP contribution is -2.46. The van der Waals surface area contributed by atoms with E-state index in [1.807, 2.05) is 16.7 Å². The van der Waals surface area contributed by atoms with Crippen molar-refractivity contribution in [3.05, 3.63) is 35.4 Å². The summed E-state index contributed by atoms with van der Waals surface area (Å²) in [4.78, 5) is 14.3. The predicted molar refractivity (Wildman–Crippen MR) is 85.7 cm³/mol. The van der Waals surface area contributed by atoms with E-state index in [4.69, 9.17) is 5.14 Å². The van der Waals surface area contributed by atoms with Gasteiger partial charge in [-0.2, -0.15) is 11.8 Å². The highest BCUT2D eigenvalue weighted by Crippen LogP contribution is 2.30. The highest BCUT2D eigenvalue weighted by molar-refractivity contribution is 8.00. The first kappa shape index (κ1) is 16.3. The van der Waals surface area contributed by atoms with E-state index >= 15 is 0 Å². The van der Waals surface area contributed by atoms with Gasteiger partial charge in [0.1, 0.15) is 0 Å². The molecule has 1 heterocycles. The van der Waals surface area contributed by atoms with Gasteiger partial charge in [-0.15, -0.1) is 0 Å². The molecule has 0 unspecified atom stereocenters. The third-order valence-corrected chi connectivity index (χ3v) is 5.31. The van der Waals surface area contributed by atoms with Crippen molar-refractivity contribution in [1.82, 2.24) is 4.90 Å². The predicted octanol–water partition coefficient (Wildman–Crippen LogP) is 1.44. The number of sulfonamides is 1. The molecule has 1 aliphatic rings. The second-order valence-electron chi connectivity index (χ2n) is 5.84. The average molecular weight is 328 g/mol. The fourth-order valence-electron chi connectivity index (χ4n) is 2.35. The number of carbonyl (C=O) groups is 1. The number of rotatable bonds is 3. The van der Waals surface area contributed by atoms with E-state index in [2.05, 4.69) is 13.8 Å². The molecule has 1 amide bonds. The molecule has 0 atom stereocenters. The molecular formula is C14H20N2O3S2. The molecule has 116 valence electrons. The van der Waals surface area contributed by atoms with Gasteiger partial charge in [0.15, 0.2) is 0 Å². The summed E-state index contributed by atoms with van der Waals surface area (Å²) >= 11 is 1.87. The second kappa shape index (κ2) is 5.98. The van der Waals surface area contributed by atoms with Gasteiger partial charge in [0.25, 0.3) is 5.91 Å². The van der Waals surface area contributed by atoms with Crippen molar-refractivity contribution in [2.45, 2.75) is 24.3 Å². The molecule has 0 bridgehead atoms. The van der Waals surface area contributed by atoms with Crippen molar-refractivity contribution < 1.29 is 13.2 Å². The van der Waals surface area contributed by atoms with E-state index in [9.17, 15) is 13.2 Å². The monoisotopic (exact) mass is 328 g/mol. The molecule has 0 aromatic heterocycles. The minimum Gasteiger partial charge on any atom is -0.336 e. The first-order valence-corrected chi connectivity index (χ1v) is 9.39. The number of primary sulfonamides is 1. The smallest absolute Gasteiger partial charge is 0.253 e. The van der Waals surface area contributed by atoms with Gasteiger partial charge in [0.05, 0.1) is 5.75 Å². The van der Waals surface area contributed by atoms with Crippen LogP contribution in [0.15, 0.2) is 24.3 Å². The second-order valence-corrected chi connectivity index (χ2v) is 9.26. The molecule has 0 saturated carbocycles. The van der Waals surface area contributed by atoms with Crippen LogP contribution in [0.5, 0.6) is 0 Å². The van der Waals surface area contributed by atoms with Crippen molar-refractivity contribution in [3.8, 4) is 0 Å². The van der Waals surface area contributed by atoms with Gasteiger partial charge < -0.3 is 4.90 Å². The van der Waals surface area contributed by atoms with Crippen LogP contribution in [0.1, 0.15) is 29.8 Å². The normalized spacial score (nSPS) is 18.5. The fraction of sp³-hybridized carbons (Fsp3) is 0.500. The maximum Gasteiger partial charge on any atom is 0.253 e.